The van der Waals surface area contributed by atoms with Gasteiger partial charge in [0.2, 0.25) is 0 Å². The molecule has 1 aliphatic rings. The fraction of sp³-hybridized carbons (Fsp3) is 0.500. The van der Waals surface area contributed by atoms with Gasteiger partial charge in [0.25, 0.3) is 0 Å². The Hall–Kier alpha value is -1.60. The van der Waals surface area contributed by atoms with Gasteiger partial charge in [-0.15, -0.1) is 0 Å². The molecule has 116 valence electrons. The first-order valence-corrected chi connectivity index (χ1v) is 8.28. The third-order valence-corrected chi connectivity index (χ3v) is 5.27. The number of aromatic carboxylic acids is 1. The molecule has 1 aliphatic heterocycles. The summed E-state index contributed by atoms with van der Waals surface area (Å²) < 4.78 is 35.2. The van der Waals surface area contributed by atoms with Crippen LogP contribution >= 0.6 is 0 Å². The van der Waals surface area contributed by atoms with Gasteiger partial charge in [0.1, 0.15) is 11.3 Å². The fourth-order valence-electron chi connectivity index (χ4n) is 2.40. The molecule has 2 unspecified atom stereocenters. The van der Waals surface area contributed by atoms with Crippen LogP contribution in [0.4, 0.5) is 0 Å². The topological polar surface area (TPSA) is 89.9 Å². The third kappa shape index (κ3) is 3.54. The summed E-state index contributed by atoms with van der Waals surface area (Å²) in [7, 11) is -2.26. The first kappa shape index (κ1) is 15.8. The van der Waals surface area contributed by atoms with Crippen molar-refractivity contribution in [2.75, 3.05) is 12.9 Å². The molecule has 6 nitrogen and oxygen atoms in total. The molecule has 1 aromatic carbocycles. The Morgan fingerprint density at radius 1 is 1.43 bits per heavy atom. The monoisotopic (exact) mass is 314 g/mol. The molecule has 1 heterocycles. The molecule has 7 heteroatoms. The largest absolute Gasteiger partial charge is 0.496 e. The molecular formula is C14H18O6S. The Kier molecular flexibility index (Phi) is 4.53. The van der Waals surface area contributed by atoms with Crippen LogP contribution in [0.2, 0.25) is 0 Å². The van der Waals surface area contributed by atoms with Crippen LogP contribution in [0.15, 0.2) is 23.1 Å². The van der Waals surface area contributed by atoms with Crippen molar-refractivity contribution in [1.82, 2.24) is 0 Å². The van der Waals surface area contributed by atoms with Crippen LogP contribution in [0.5, 0.6) is 5.75 Å². The molecule has 1 aromatic rings. The molecule has 21 heavy (non-hydrogen) atoms. The van der Waals surface area contributed by atoms with Gasteiger partial charge in [-0.3, -0.25) is 0 Å². The van der Waals surface area contributed by atoms with E-state index in [-0.39, 0.29) is 34.2 Å². The van der Waals surface area contributed by atoms with Crippen LogP contribution < -0.4 is 4.74 Å². The lowest BCUT2D eigenvalue weighted by molar-refractivity contribution is 0.0687. The molecule has 0 saturated carbocycles. The summed E-state index contributed by atoms with van der Waals surface area (Å²) in [5.41, 5.74) is -0.167. The van der Waals surface area contributed by atoms with E-state index < -0.39 is 15.8 Å². The van der Waals surface area contributed by atoms with Gasteiger partial charge in [0, 0.05) is 0 Å². The van der Waals surface area contributed by atoms with E-state index in [1.165, 1.54) is 19.2 Å². The standard InChI is InChI=1S/C14H18O6S/c1-9-3-4-10(20-9)8-21(17,18)11-5-6-13(19-2)12(7-11)14(15)16/h5-7,9-10H,3-4,8H2,1-2H3,(H,15,16). The molecule has 2 atom stereocenters. The highest BCUT2D eigenvalue weighted by atomic mass is 32.2. The van der Waals surface area contributed by atoms with Crippen LogP contribution in [0.1, 0.15) is 30.1 Å². The summed E-state index contributed by atoms with van der Waals surface area (Å²) in [4.78, 5) is 11.1. The Morgan fingerprint density at radius 3 is 2.67 bits per heavy atom. The predicted molar refractivity (Wildman–Crippen MR) is 75.6 cm³/mol. The second kappa shape index (κ2) is 6.03. The van der Waals surface area contributed by atoms with Crippen molar-refractivity contribution in [3.63, 3.8) is 0 Å². The number of hydrogen-bond donors (Lipinski definition) is 1. The zero-order chi connectivity index (χ0) is 15.6. The molecule has 0 radical (unpaired) electrons. The minimum Gasteiger partial charge on any atom is -0.496 e. The highest BCUT2D eigenvalue weighted by Gasteiger charge is 2.29. The number of sulfone groups is 1. The van der Waals surface area contributed by atoms with Crippen molar-refractivity contribution in [3.8, 4) is 5.75 Å². The number of carboxylic acids is 1. The highest BCUT2D eigenvalue weighted by molar-refractivity contribution is 7.91. The Bertz CT molecular complexity index is 637. The number of hydrogen-bond acceptors (Lipinski definition) is 5. The van der Waals surface area contributed by atoms with Crippen molar-refractivity contribution < 1.29 is 27.8 Å². The maximum atomic E-state index is 12.4. The van der Waals surface area contributed by atoms with Gasteiger partial charge in [0.15, 0.2) is 9.84 Å². The SMILES string of the molecule is COc1ccc(S(=O)(=O)CC2CCC(C)O2)cc1C(=O)O. The van der Waals surface area contributed by atoms with Crippen molar-refractivity contribution in [2.24, 2.45) is 0 Å². The Morgan fingerprint density at radius 2 is 2.14 bits per heavy atom. The molecule has 0 spiro atoms. The van der Waals surface area contributed by atoms with Crippen LogP contribution in [0.3, 0.4) is 0 Å². The smallest absolute Gasteiger partial charge is 0.339 e. The number of rotatable bonds is 5. The van der Waals surface area contributed by atoms with Gasteiger partial charge >= 0.3 is 5.97 Å². The van der Waals surface area contributed by atoms with Gasteiger partial charge in [-0.25, -0.2) is 13.2 Å². The molecule has 0 aromatic heterocycles. The van der Waals surface area contributed by atoms with Crippen molar-refractivity contribution >= 4 is 15.8 Å². The predicted octanol–water partition coefficient (Wildman–Crippen LogP) is 1.73. The van der Waals surface area contributed by atoms with E-state index in [4.69, 9.17) is 14.6 Å². The second-order valence-electron chi connectivity index (χ2n) is 5.09. The van der Waals surface area contributed by atoms with Gasteiger partial charge < -0.3 is 14.6 Å². The minimum absolute atomic E-state index is 0.0242. The third-order valence-electron chi connectivity index (χ3n) is 3.49. The summed E-state index contributed by atoms with van der Waals surface area (Å²) in [5, 5.41) is 9.11. The normalized spacial score (nSPS) is 22.2. The Labute approximate surface area is 123 Å². The van der Waals surface area contributed by atoms with E-state index >= 15 is 0 Å². The minimum atomic E-state index is -3.59. The highest BCUT2D eigenvalue weighted by Crippen LogP contribution is 2.26. The molecule has 1 fully saturated rings. The van der Waals surface area contributed by atoms with E-state index in [0.29, 0.717) is 6.42 Å². The van der Waals surface area contributed by atoms with Crippen LogP contribution in [0, 0.1) is 0 Å². The van der Waals surface area contributed by atoms with E-state index in [9.17, 15) is 13.2 Å². The van der Waals surface area contributed by atoms with E-state index in [1.807, 2.05) is 6.92 Å². The summed E-state index contributed by atoms with van der Waals surface area (Å²) in [5.74, 6) is -1.23. The molecular weight excluding hydrogens is 296 g/mol. The van der Waals surface area contributed by atoms with E-state index in [0.717, 1.165) is 12.5 Å². The number of carbonyl (C=O) groups is 1. The van der Waals surface area contributed by atoms with Crippen LogP contribution in [-0.4, -0.2) is 44.6 Å². The van der Waals surface area contributed by atoms with Gasteiger partial charge in [-0.2, -0.15) is 0 Å². The van der Waals surface area contributed by atoms with Gasteiger partial charge in [-0.05, 0) is 38.0 Å². The number of benzene rings is 1. The molecule has 2 rings (SSSR count). The lowest BCUT2D eigenvalue weighted by Crippen LogP contribution is -2.21. The quantitative estimate of drug-likeness (QED) is 0.890. The van der Waals surface area contributed by atoms with Crippen molar-refractivity contribution in [2.45, 2.75) is 36.9 Å². The zero-order valence-electron chi connectivity index (χ0n) is 11.9. The average molecular weight is 314 g/mol. The average Bonchev–Trinajstić information content (AvgIpc) is 2.82. The van der Waals surface area contributed by atoms with Crippen LogP contribution in [-0.2, 0) is 14.6 Å². The summed E-state index contributed by atoms with van der Waals surface area (Å²) in [6, 6.07) is 3.85. The zero-order valence-corrected chi connectivity index (χ0v) is 12.7. The molecule has 0 bridgehead atoms. The molecule has 0 amide bonds. The van der Waals surface area contributed by atoms with Crippen molar-refractivity contribution in [3.05, 3.63) is 23.8 Å². The number of carboxylic acid groups (broad SMARTS) is 1. The second-order valence-corrected chi connectivity index (χ2v) is 7.13. The Balaban J connectivity index is 2.27. The van der Waals surface area contributed by atoms with Gasteiger partial charge in [0.05, 0.1) is 30.0 Å². The maximum Gasteiger partial charge on any atom is 0.339 e. The fourth-order valence-corrected chi connectivity index (χ4v) is 3.90. The number of methoxy groups -OCH3 is 1. The summed E-state index contributed by atoms with van der Waals surface area (Å²) in [6.45, 7) is 1.91. The van der Waals surface area contributed by atoms with Gasteiger partial charge in [-0.1, -0.05) is 0 Å². The first-order valence-electron chi connectivity index (χ1n) is 6.63. The molecule has 0 aliphatic carbocycles. The summed E-state index contributed by atoms with van der Waals surface area (Å²) in [6.07, 6.45) is 1.27. The molecule has 1 saturated heterocycles. The summed E-state index contributed by atoms with van der Waals surface area (Å²) >= 11 is 0. The van der Waals surface area contributed by atoms with Crippen LogP contribution in [0.25, 0.3) is 0 Å². The van der Waals surface area contributed by atoms with E-state index in [1.54, 1.807) is 0 Å². The lowest BCUT2D eigenvalue weighted by atomic mass is 10.2. The maximum absolute atomic E-state index is 12.4. The number of ether oxygens (including phenoxy) is 2. The first-order chi connectivity index (χ1) is 9.83. The van der Waals surface area contributed by atoms with E-state index in [2.05, 4.69) is 0 Å². The van der Waals surface area contributed by atoms with Crippen molar-refractivity contribution in [1.29, 1.82) is 0 Å². The molecule has 1 N–H and O–H groups in total. The lowest BCUT2D eigenvalue weighted by Gasteiger charge is -2.13.